The number of hydrogen-bond donors (Lipinski definition) is 4. The van der Waals surface area contributed by atoms with Gasteiger partial charge in [0, 0.05) is 30.5 Å². The third-order valence-electron chi connectivity index (χ3n) is 3.39. The molecule has 0 spiro atoms. The van der Waals surface area contributed by atoms with Gasteiger partial charge in [0.15, 0.2) is 11.5 Å². The molecule has 25 heavy (non-hydrogen) atoms. The van der Waals surface area contributed by atoms with E-state index in [9.17, 15) is 9.59 Å². The van der Waals surface area contributed by atoms with Gasteiger partial charge in [-0.05, 0) is 18.6 Å². The Morgan fingerprint density at radius 1 is 1.24 bits per heavy atom. The Bertz CT molecular complexity index is 764. The van der Waals surface area contributed by atoms with Crippen LogP contribution in [0.3, 0.4) is 0 Å². The van der Waals surface area contributed by atoms with Gasteiger partial charge in [0.05, 0.1) is 18.4 Å². The van der Waals surface area contributed by atoms with Crippen LogP contribution in [-0.2, 0) is 17.6 Å². The fourth-order valence-corrected chi connectivity index (χ4v) is 2.09. The average Bonchev–Trinajstić information content (AvgIpc) is 2.62. The highest BCUT2D eigenvalue weighted by molar-refractivity contribution is 5.96. The molecule has 2 amide bonds. The van der Waals surface area contributed by atoms with Crippen LogP contribution in [0.25, 0.3) is 0 Å². The monoisotopic (exact) mass is 343 g/mol. The van der Waals surface area contributed by atoms with Gasteiger partial charge >= 0.3 is 0 Å². The summed E-state index contributed by atoms with van der Waals surface area (Å²) in [6.07, 6.45) is 4.42. The summed E-state index contributed by atoms with van der Waals surface area (Å²) in [6, 6.07) is 3.54. The van der Waals surface area contributed by atoms with E-state index in [1.807, 2.05) is 6.92 Å². The molecule has 0 saturated heterocycles. The van der Waals surface area contributed by atoms with Crippen LogP contribution in [0.15, 0.2) is 24.5 Å². The SMILES string of the molecule is CCc1cnc(Nc2ccnc(CCNC(=O)CN)c2)c(C(N)=O)n1. The standard InChI is InChI=1S/C16H21N7O2/c1-2-10-9-21-16(14(22-10)15(18)25)23-12-4-5-19-11(7-12)3-6-20-13(24)8-17/h4-5,7,9H,2-3,6,8,17H2,1H3,(H2,18,25)(H,20,24)(H,19,21,23). The zero-order chi connectivity index (χ0) is 18.2. The number of carbonyl (C=O) groups excluding carboxylic acids is 2. The molecule has 0 aliphatic heterocycles. The van der Waals surface area contributed by atoms with Crippen LogP contribution in [0.4, 0.5) is 11.5 Å². The van der Waals surface area contributed by atoms with Crippen LogP contribution in [0, 0.1) is 0 Å². The smallest absolute Gasteiger partial charge is 0.271 e. The highest BCUT2D eigenvalue weighted by Gasteiger charge is 2.13. The predicted octanol–water partition coefficient (Wildman–Crippen LogP) is -0.106. The number of primary amides is 1. The molecule has 132 valence electrons. The van der Waals surface area contributed by atoms with Crippen LogP contribution < -0.4 is 22.1 Å². The molecule has 9 heteroatoms. The molecule has 0 radical (unpaired) electrons. The summed E-state index contributed by atoms with van der Waals surface area (Å²) < 4.78 is 0. The quantitative estimate of drug-likeness (QED) is 0.522. The second-order valence-electron chi connectivity index (χ2n) is 5.24. The van der Waals surface area contributed by atoms with Gasteiger partial charge in [-0.15, -0.1) is 0 Å². The Balaban J connectivity index is 2.11. The van der Waals surface area contributed by atoms with Crippen molar-refractivity contribution in [2.75, 3.05) is 18.4 Å². The zero-order valence-corrected chi connectivity index (χ0v) is 14.0. The average molecular weight is 343 g/mol. The van der Waals surface area contributed by atoms with E-state index in [1.165, 1.54) is 0 Å². The first-order valence-electron chi connectivity index (χ1n) is 7.88. The maximum absolute atomic E-state index is 11.6. The molecule has 0 aliphatic carbocycles. The number of anilines is 2. The molecule has 2 rings (SSSR count). The van der Waals surface area contributed by atoms with E-state index < -0.39 is 5.91 Å². The van der Waals surface area contributed by atoms with Gasteiger partial charge in [-0.25, -0.2) is 9.97 Å². The number of hydrogen-bond acceptors (Lipinski definition) is 7. The number of amides is 2. The van der Waals surface area contributed by atoms with Crippen molar-refractivity contribution < 1.29 is 9.59 Å². The Labute approximate surface area is 145 Å². The predicted molar refractivity (Wildman–Crippen MR) is 93.2 cm³/mol. The second kappa shape index (κ2) is 8.69. The summed E-state index contributed by atoms with van der Waals surface area (Å²) in [6.45, 7) is 2.31. The lowest BCUT2D eigenvalue weighted by molar-refractivity contribution is -0.119. The van der Waals surface area contributed by atoms with Gasteiger partial charge in [0.1, 0.15) is 0 Å². The zero-order valence-electron chi connectivity index (χ0n) is 14.0. The molecule has 2 aromatic rings. The van der Waals surface area contributed by atoms with Crippen molar-refractivity contribution in [1.29, 1.82) is 0 Å². The Hall–Kier alpha value is -3.07. The number of aryl methyl sites for hydroxylation is 1. The largest absolute Gasteiger partial charge is 0.364 e. The maximum Gasteiger partial charge on any atom is 0.271 e. The van der Waals surface area contributed by atoms with E-state index in [0.717, 1.165) is 5.69 Å². The highest BCUT2D eigenvalue weighted by atomic mass is 16.2. The summed E-state index contributed by atoms with van der Waals surface area (Å²) in [5.74, 6) is -0.575. The van der Waals surface area contributed by atoms with Crippen molar-refractivity contribution in [3.05, 3.63) is 41.6 Å². The number of pyridine rings is 1. The normalized spacial score (nSPS) is 10.3. The molecule has 0 atom stereocenters. The van der Waals surface area contributed by atoms with Crippen molar-refractivity contribution in [3.63, 3.8) is 0 Å². The highest BCUT2D eigenvalue weighted by Crippen LogP contribution is 2.18. The van der Waals surface area contributed by atoms with Crippen LogP contribution in [0.2, 0.25) is 0 Å². The van der Waals surface area contributed by atoms with Gasteiger partial charge < -0.3 is 22.1 Å². The number of nitrogens with two attached hydrogens (primary N) is 2. The molecule has 2 heterocycles. The number of aromatic nitrogens is 3. The lowest BCUT2D eigenvalue weighted by Crippen LogP contribution is -2.31. The number of nitrogens with one attached hydrogen (secondary N) is 2. The molecule has 0 saturated carbocycles. The minimum atomic E-state index is -0.649. The summed E-state index contributed by atoms with van der Waals surface area (Å²) >= 11 is 0. The Kier molecular flexibility index (Phi) is 6.35. The molecule has 9 nitrogen and oxygen atoms in total. The minimum Gasteiger partial charge on any atom is -0.364 e. The van der Waals surface area contributed by atoms with Crippen LogP contribution in [-0.4, -0.2) is 39.9 Å². The maximum atomic E-state index is 11.6. The van der Waals surface area contributed by atoms with E-state index in [-0.39, 0.29) is 18.1 Å². The number of nitrogens with zero attached hydrogens (tertiary/aromatic N) is 3. The molecule has 0 unspecified atom stereocenters. The first kappa shape index (κ1) is 18.3. The Morgan fingerprint density at radius 2 is 2.04 bits per heavy atom. The summed E-state index contributed by atoms with van der Waals surface area (Å²) in [5.41, 5.74) is 12.8. The summed E-state index contributed by atoms with van der Waals surface area (Å²) in [4.78, 5) is 35.4. The molecule has 0 aliphatic rings. The lowest BCUT2D eigenvalue weighted by Gasteiger charge is -2.10. The van der Waals surface area contributed by atoms with Crippen molar-refractivity contribution in [1.82, 2.24) is 20.3 Å². The first-order valence-corrected chi connectivity index (χ1v) is 7.88. The molecule has 2 aromatic heterocycles. The summed E-state index contributed by atoms with van der Waals surface area (Å²) in [5, 5.41) is 5.71. The van der Waals surface area contributed by atoms with Crippen LogP contribution in [0.1, 0.15) is 28.8 Å². The van der Waals surface area contributed by atoms with Gasteiger partial charge in [-0.1, -0.05) is 6.92 Å². The molecular weight excluding hydrogens is 322 g/mol. The number of carbonyl (C=O) groups is 2. The van der Waals surface area contributed by atoms with Crippen LogP contribution in [0.5, 0.6) is 0 Å². The van der Waals surface area contributed by atoms with Gasteiger partial charge in [-0.3, -0.25) is 14.6 Å². The Morgan fingerprint density at radius 3 is 2.72 bits per heavy atom. The topological polar surface area (TPSA) is 149 Å². The van der Waals surface area contributed by atoms with Crippen molar-refractivity contribution in [2.45, 2.75) is 19.8 Å². The molecule has 0 fully saturated rings. The lowest BCUT2D eigenvalue weighted by atomic mass is 10.2. The minimum absolute atomic E-state index is 0.0443. The van der Waals surface area contributed by atoms with Gasteiger partial charge in [0.25, 0.3) is 5.91 Å². The van der Waals surface area contributed by atoms with E-state index in [4.69, 9.17) is 11.5 Å². The van der Waals surface area contributed by atoms with Crippen molar-refractivity contribution in [3.8, 4) is 0 Å². The van der Waals surface area contributed by atoms with Crippen LogP contribution >= 0.6 is 0 Å². The van der Waals surface area contributed by atoms with E-state index in [2.05, 4.69) is 25.6 Å². The van der Waals surface area contributed by atoms with Gasteiger partial charge in [-0.2, -0.15) is 0 Å². The number of rotatable bonds is 8. The fraction of sp³-hybridized carbons (Fsp3) is 0.312. The van der Waals surface area contributed by atoms with Gasteiger partial charge in [0.2, 0.25) is 5.91 Å². The molecule has 0 aromatic carbocycles. The third kappa shape index (κ3) is 5.21. The fourth-order valence-electron chi connectivity index (χ4n) is 2.09. The van der Waals surface area contributed by atoms with E-state index >= 15 is 0 Å². The third-order valence-corrected chi connectivity index (χ3v) is 3.39. The van der Waals surface area contributed by atoms with E-state index in [1.54, 1.807) is 24.5 Å². The molecule has 6 N–H and O–H groups in total. The summed E-state index contributed by atoms with van der Waals surface area (Å²) in [7, 11) is 0. The molecule has 0 bridgehead atoms. The molecular formula is C16H21N7O2. The first-order chi connectivity index (χ1) is 12.0. The van der Waals surface area contributed by atoms with E-state index in [0.29, 0.717) is 36.6 Å². The second-order valence-corrected chi connectivity index (χ2v) is 5.24. The van der Waals surface area contributed by atoms with Crippen molar-refractivity contribution >= 4 is 23.3 Å². The van der Waals surface area contributed by atoms with Crippen molar-refractivity contribution in [2.24, 2.45) is 11.5 Å².